The minimum absolute atomic E-state index is 0.0517. The van der Waals surface area contributed by atoms with Gasteiger partial charge in [-0.3, -0.25) is 19.2 Å². The predicted molar refractivity (Wildman–Crippen MR) is 246 cm³/mol. The summed E-state index contributed by atoms with van der Waals surface area (Å²) in [7, 11) is 4.80. The average Bonchev–Trinajstić information content (AvgIpc) is 3.23. The van der Waals surface area contributed by atoms with E-state index in [4.69, 9.17) is 18.9 Å². The van der Waals surface area contributed by atoms with E-state index in [9.17, 15) is 23.6 Å². The van der Waals surface area contributed by atoms with Crippen molar-refractivity contribution in [2.75, 3.05) is 17.7 Å². The molecule has 2 N–H and O–H groups in total. The number of amides is 2. The third kappa shape index (κ3) is 11.6. The van der Waals surface area contributed by atoms with Gasteiger partial charge in [0.15, 0.2) is 11.6 Å². The average molecular weight is 855 g/mol. The number of hydrogen-bond donors (Lipinski definition) is 2. The Balaban J connectivity index is 0.000000238. The number of hydrogen-bond acceptors (Lipinski definition) is 8. The number of anilines is 2. The van der Waals surface area contributed by atoms with Crippen LogP contribution in [0.5, 0.6) is 34.5 Å². The van der Waals surface area contributed by atoms with Crippen molar-refractivity contribution in [1.82, 2.24) is 9.13 Å². The highest BCUT2D eigenvalue weighted by molar-refractivity contribution is 6.00. The Morgan fingerprint density at radius 2 is 1.10 bits per heavy atom. The number of benzene rings is 4. The Labute approximate surface area is 365 Å². The van der Waals surface area contributed by atoms with Gasteiger partial charge in [0, 0.05) is 72.3 Å². The molecule has 0 saturated carbocycles. The van der Waals surface area contributed by atoms with Crippen LogP contribution in [0.2, 0.25) is 0 Å². The van der Waals surface area contributed by atoms with Gasteiger partial charge in [-0.05, 0) is 119 Å². The molecule has 63 heavy (non-hydrogen) atoms. The van der Waals surface area contributed by atoms with Crippen LogP contribution in [0.15, 0.2) is 126 Å². The normalized spacial score (nSPS) is 10.6. The van der Waals surface area contributed by atoms with E-state index in [0.29, 0.717) is 56.6 Å². The zero-order valence-corrected chi connectivity index (χ0v) is 36.8. The second-order valence-corrected chi connectivity index (χ2v) is 15.0. The number of nitrogens with zero attached hydrogens (tertiary/aromatic N) is 2. The van der Waals surface area contributed by atoms with E-state index in [1.807, 2.05) is 34.6 Å². The summed E-state index contributed by atoms with van der Waals surface area (Å²) in [6.45, 7) is 18.5. The molecule has 0 spiro atoms. The van der Waals surface area contributed by atoms with Crippen molar-refractivity contribution < 1.29 is 32.9 Å². The molecular weight excluding hydrogens is 804 g/mol. The molecule has 0 atom stereocenters. The minimum Gasteiger partial charge on any atom is -0.496 e. The molecule has 4 aromatic carbocycles. The Bertz CT molecular complexity index is 2820. The van der Waals surface area contributed by atoms with Gasteiger partial charge in [-0.2, -0.15) is 0 Å². The second kappa shape index (κ2) is 20.3. The molecule has 0 radical (unpaired) electrons. The number of ether oxygens (including phenoxy) is 4. The zero-order valence-electron chi connectivity index (χ0n) is 36.8. The molecule has 2 amide bonds. The summed E-state index contributed by atoms with van der Waals surface area (Å²) in [5.74, 6) is 1.28. The number of methoxy groups -OCH3 is 1. The van der Waals surface area contributed by atoms with Gasteiger partial charge in [-0.25, -0.2) is 4.39 Å². The minimum atomic E-state index is -0.501. The van der Waals surface area contributed by atoms with Crippen molar-refractivity contribution in [3.63, 3.8) is 0 Å². The molecule has 0 aliphatic heterocycles. The molecule has 0 saturated heterocycles. The lowest BCUT2D eigenvalue weighted by Gasteiger charge is -2.19. The van der Waals surface area contributed by atoms with Crippen molar-refractivity contribution in [2.24, 2.45) is 14.1 Å². The molecule has 0 aliphatic rings. The summed E-state index contributed by atoms with van der Waals surface area (Å²) in [6.07, 6.45) is 5.48. The summed E-state index contributed by atoms with van der Waals surface area (Å²) >= 11 is 0. The van der Waals surface area contributed by atoms with Crippen LogP contribution in [0.3, 0.4) is 0 Å². The van der Waals surface area contributed by atoms with Crippen LogP contribution in [0.1, 0.15) is 36.1 Å². The molecule has 6 rings (SSSR count). The molecule has 0 fully saturated rings. The van der Waals surface area contributed by atoms with Crippen molar-refractivity contribution in [3.8, 4) is 56.8 Å². The fourth-order valence-electron chi connectivity index (χ4n) is 6.60. The summed E-state index contributed by atoms with van der Waals surface area (Å²) < 4.78 is 41.0. The highest BCUT2D eigenvalue weighted by atomic mass is 19.1. The van der Waals surface area contributed by atoms with Crippen LogP contribution < -0.4 is 40.7 Å². The maximum Gasteiger partial charge on any atom is 0.254 e. The summed E-state index contributed by atoms with van der Waals surface area (Å²) in [5.41, 5.74) is 6.97. The third-order valence-corrected chi connectivity index (χ3v) is 9.53. The van der Waals surface area contributed by atoms with Gasteiger partial charge in [0.25, 0.3) is 11.1 Å². The van der Waals surface area contributed by atoms with Crippen molar-refractivity contribution in [3.05, 3.63) is 165 Å². The molecule has 0 bridgehead atoms. The smallest absolute Gasteiger partial charge is 0.254 e. The Morgan fingerprint density at radius 3 is 1.57 bits per heavy atom. The van der Waals surface area contributed by atoms with E-state index in [1.54, 1.807) is 81.9 Å². The molecule has 6 aromatic rings. The van der Waals surface area contributed by atoms with Gasteiger partial charge < -0.3 is 38.7 Å². The molecule has 12 nitrogen and oxygen atoms in total. The maximum absolute atomic E-state index is 14.5. The summed E-state index contributed by atoms with van der Waals surface area (Å²) in [5, 5.41) is 5.47. The van der Waals surface area contributed by atoms with E-state index >= 15 is 0 Å². The SMILES string of the molecule is C=CC(=O)Nc1ccc(Oc2c(C)cc(C)cc2C)c(-c2cn(C)c(=O)cc2OC)c1.C=CC(=O)Nc1ccc(Oc2ccc(C)cc2F)c(-c2cn(C)c(=O)cc2OC(C)C)c1. The molecule has 0 aliphatic carbocycles. The van der Waals surface area contributed by atoms with Gasteiger partial charge in [0.2, 0.25) is 11.8 Å². The molecule has 2 aromatic heterocycles. The van der Waals surface area contributed by atoms with E-state index in [-0.39, 0.29) is 34.8 Å². The monoisotopic (exact) mass is 854 g/mol. The van der Waals surface area contributed by atoms with Gasteiger partial charge in [-0.1, -0.05) is 36.9 Å². The molecular formula is C50H51FN4O8. The standard InChI is InChI=1S/C25H25FN2O4.C25H26N2O4/c1-6-24(29)27-17-8-10-21(32-22-9-7-16(4)11-20(22)26)18(12-17)19-14-28(5)25(30)13-23(19)31-15(2)3;1-7-23(28)26-18-8-9-21(31-25-16(3)10-15(2)11-17(25)4)19(12-18)20-14-27(5)24(29)13-22(20)30-6/h6-15H,1H2,2-5H3,(H,27,29);7-14H,1H2,2-6H3,(H,26,28). The first kappa shape index (κ1) is 46.4. The van der Waals surface area contributed by atoms with Gasteiger partial charge in [0.05, 0.1) is 13.2 Å². The Morgan fingerprint density at radius 1 is 0.619 bits per heavy atom. The van der Waals surface area contributed by atoms with Crippen molar-refractivity contribution in [1.29, 1.82) is 0 Å². The maximum atomic E-state index is 14.5. The first-order valence-electron chi connectivity index (χ1n) is 19.9. The van der Waals surface area contributed by atoms with Gasteiger partial charge >= 0.3 is 0 Å². The van der Waals surface area contributed by atoms with Crippen LogP contribution in [0, 0.1) is 33.5 Å². The van der Waals surface area contributed by atoms with Gasteiger partial charge in [0.1, 0.15) is 28.7 Å². The van der Waals surface area contributed by atoms with E-state index in [1.165, 1.54) is 40.5 Å². The number of aryl methyl sites for hydroxylation is 6. The number of nitrogens with one attached hydrogen (secondary N) is 2. The van der Waals surface area contributed by atoms with Crippen molar-refractivity contribution in [2.45, 2.75) is 47.6 Å². The Hall–Kier alpha value is -7.67. The van der Waals surface area contributed by atoms with Crippen LogP contribution >= 0.6 is 0 Å². The first-order valence-corrected chi connectivity index (χ1v) is 19.9. The lowest BCUT2D eigenvalue weighted by Crippen LogP contribution is -2.17. The number of rotatable bonds is 13. The molecule has 0 unspecified atom stereocenters. The number of aromatic nitrogens is 2. The second-order valence-electron chi connectivity index (χ2n) is 15.0. The molecule has 13 heteroatoms. The summed E-state index contributed by atoms with van der Waals surface area (Å²) in [6, 6.07) is 21.9. The summed E-state index contributed by atoms with van der Waals surface area (Å²) in [4.78, 5) is 48.0. The van der Waals surface area contributed by atoms with Crippen LogP contribution in [0.4, 0.5) is 15.8 Å². The van der Waals surface area contributed by atoms with E-state index in [0.717, 1.165) is 34.1 Å². The highest BCUT2D eigenvalue weighted by Gasteiger charge is 2.20. The number of pyridine rings is 2. The first-order chi connectivity index (χ1) is 29.9. The molecule has 326 valence electrons. The lowest BCUT2D eigenvalue weighted by molar-refractivity contribution is -0.112. The zero-order chi connectivity index (χ0) is 46.1. The lowest BCUT2D eigenvalue weighted by atomic mass is 10.0. The van der Waals surface area contributed by atoms with E-state index < -0.39 is 5.82 Å². The fourth-order valence-corrected chi connectivity index (χ4v) is 6.60. The highest BCUT2D eigenvalue weighted by Crippen LogP contribution is 2.42. The predicted octanol–water partition coefficient (Wildman–Crippen LogP) is 10.1. The largest absolute Gasteiger partial charge is 0.496 e. The topological polar surface area (TPSA) is 139 Å². The molecule has 2 heterocycles. The van der Waals surface area contributed by atoms with Gasteiger partial charge in [-0.15, -0.1) is 0 Å². The fraction of sp³-hybridized carbons (Fsp3) is 0.200. The van der Waals surface area contributed by atoms with E-state index in [2.05, 4.69) is 35.9 Å². The van der Waals surface area contributed by atoms with Crippen LogP contribution in [-0.2, 0) is 23.7 Å². The Kier molecular flexibility index (Phi) is 14.9. The number of halogens is 1. The number of carbonyl (C=O) groups is 2. The third-order valence-electron chi connectivity index (χ3n) is 9.53. The quantitative estimate of drug-likeness (QED) is 0.110. The van der Waals surface area contributed by atoms with Crippen molar-refractivity contribution >= 4 is 23.2 Å². The van der Waals surface area contributed by atoms with Crippen LogP contribution in [0.25, 0.3) is 22.3 Å². The van der Waals surface area contributed by atoms with Crippen LogP contribution in [-0.4, -0.2) is 34.2 Å². The number of carbonyl (C=O) groups excluding carboxylic acids is 2.